The molecule has 4 N–H and O–H groups in total. The first-order chi connectivity index (χ1) is 31.2. The highest BCUT2D eigenvalue weighted by atomic mass is 32.1. The number of thiazole rings is 1. The van der Waals surface area contributed by atoms with Crippen LogP contribution in [0, 0.1) is 12.8 Å². The normalized spacial score (nSPS) is 19.0. The molecule has 6 aromatic rings. The molecule has 0 unspecified atom stereocenters. The Labute approximate surface area is 381 Å². The van der Waals surface area contributed by atoms with Crippen molar-refractivity contribution in [2.45, 2.75) is 77.0 Å². The molecule has 3 saturated heterocycles. The fourth-order valence-electron chi connectivity index (χ4n) is 9.47. The number of hydrogen-bond acceptors (Lipinski definition) is 13. The zero-order valence-electron chi connectivity index (χ0n) is 37.4. The summed E-state index contributed by atoms with van der Waals surface area (Å²) in [5.74, 6) is 0.0640. The second-order valence-corrected chi connectivity index (χ2v) is 19.3. The van der Waals surface area contributed by atoms with E-state index in [1.54, 1.807) is 23.5 Å². The van der Waals surface area contributed by atoms with E-state index < -0.39 is 23.6 Å². The molecule has 3 amide bonds. The lowest BCUT2D eigenvalue weighted by Gasteiger charge is -2.40. The van der Waals surface area contributed by atoms with Crippen LogP contribution in [0.3, 0.4) is 0 Å². The minimum Gasteiger partial charge on any atom is -0.507 e. The Hall–Kier alpha value is -6.17. The van der Waals surface area contributed by atoms with Crippen molar-refractivity contribution in [3.63, 3.8) is 0 Å². The minimum absolute atomic E-state index is 0.0513. The number of benzene rings is 2. The number of para-hydroxylation sites is 1. The number of aliphatic hydroxyl groups is 1. The molecule has 9 rings (SSSR count). The van der Waals surface area contributed by atoms with E-state index in [2.05, 4.69) is 40.4 Å². The van der Waals surface area contributed by atoms with Crippen LogP contribution in [0.15, 0.2) is 76.9 Å². The number of carbonyl (C=O) groups excluding carboxylic acids is 3. The molecule has 17 heteroatoms. The molecule has 0 radical (unpaired) electrons. The monoisotopic (exact) mass is 900 g/mol. The van der Waals surface area contributed by atoms with Gasteiger partial charge in [0.2, 0.25) is 17.7 Å². The zero-order chi connectivity index (χ0) is 45.6. The number of aromatic nitrogens is 5. The number of β-amino-alcohol motifs (C(OH)–C–C–N with tert-alkyl or cyclic N) is 1. The summed E-state index contributed by atoms with van der Waals surface area (Å²) < 4.78 is 5.88. The van der Waals surface area contributed by atoms with Crippen LogP contribution in [0.1, 0.15) is 75.0 Å². The third-order valence-electron chi connectivity index (χ3n) is 13.3. The molecule has 3 fully saturated rings. The minimum atomic E-state index is -0.845. The summed E-state index contributed by atoms with van der Waals surface area (Å²) in [5.41, 5.74) is 7.03. The molecule has 3 aliphatic rings. The molecule has 3 aliphatic heterocycles. The summed E-state index contributed by atoms with van der Waals surface area (Å²) in [5, 5.41) is 38.3. The maximum Gasteiger partial charge on any atom is 0.243 e. The summed E-state index contributed by atoms with van der Waals surface area (Å²) in [6.07, 6.45) is 1.68. The van der Waals surface area contributed by atoms with Gasteiger partial charge in [-0.3, -0.25) is 19.3 Å². The van der Waals surface area contributed by atoms with Crippen molar-refractivity contribution in [2.24, 2.45) is 5.92 Å². The number of piperazine rings is 1. The SMILES string of the molecule is Cc1ncsc1-c1ccc(C(C)(C)NC(=O)[C@@H]2C[C@@H](O)CN2C(=O)[C@@H](c2cc(N3CCN(CCC(=O)N4CC(c5c[nH]c6nnc(-c7ccccc7O)cc56)C4)CC3)no2)C(C)C)cc1. The number of aliphatic hydroxyl groups excluding tert-OH is 1. The van der Waals surface area contributed by atoms with Crippen molar-refractivity contribution in [2.75, 3.05) is 57.3 Å². The predicted molar refractivity (Wildman–Crippen MR) is 247 cm³/mol. The molecule has 340 valence electrons. The number of phenols is 1. The van der Waals surface area contributed by atoms with Crippen LogP contribution in [0.5, 0.6) is 5.75 Å². The molecule has 65 heavy (non-hydrogen) atoms. The molecule has 7 heterocycles. The van der Waals surface area contributed by atoms with Gasteiger partial charge >= 0.3 is 0 Å². The Bertz CT molecular complexity index is 2680. The van der Waals surface area contributed by atoms with E-state index in [1.165, 1.54) is 4.90 Å². The largest absolute Gasteiger partial charge is 0.507 e. The second kappa shape index (κ2) is 18.0. The zero-order valence-corrected chi connectivity index (χ0v) is 38.2. The smallest absolute Gasteiger partial charge is 0.243 e. The van der Waals surface area contributed by atoms with Crippen LogP contribution in [-0.4, -0.2) is 132 Å². The summed E-state index contributed by atoms with van der Waals surface area (Å²) in [4.78, 5) is 58.1. The number of hydrogen-bond donors (Lipinski definition) is 4. The van der Waals surface area contributed by atoms with E-state index in [0.717, 1.165) is 45.7 Å². The molecule has 0 bridgehead atoms. The highest BCUT2D eigenvalue weighted by Crippen LogP contribution is 2.37. The molecule has 2 aromatic carbocycles. The van der Waals surface area contributed by atoms with Gasteiger partial charge in [-0.15, -0.1) is 21.5 Å². The topological polar surface area (TPSA) is 197 Å². The lowest BCUT2D eigenvalue weighted by atomic mass is 9.91. The number of fused-ring (bicyclic) bond motifs is 1. The second-order valence-electron chi connectivity index (χ2n) is 18.5. The van der Waals surface area contributed by atoms with Crippen LogP contribution in [-0.2, 0) is 19.9 Å². The summed E-state index contributed by atoms with van der Waals surface area (Å²) >= 11 is 1.59. The standard InChI is InChI=1S/C48H56N10O6S/c1-28(2)43(47(63)58-26-33(59)20-38(58)46(62)51-48(4,5)32-12-10-30(11-13-32)44-29(3)50-27-65-44)40-22-41(54-64-40)56-18-16-55(17-19-56)15-14-42(61)57-24-31(25-57)36-23-49-45-35(36)21-37(52-53-45)34-8-6-7-9-39(34)60/h6-13,21-23,27-28,31,33,38,43,59-60H,14-20,24-26H2,1-5H3,(H,49,53)(H,51,62)/t33-,38+,43-/m1/s1. The first-order valence-corrected chi connectivity index (χ1v) is 23.3. The van der Waals surface area contributed by atoms with Gasteiger partial charge in [0.15, 0.2) is 17.2 Å². The average Bonchev–Trinajstić information content (AvgIpc) is 4.10. The number of aromatic amines is 1. The average molecular weight is 901 g/mol. The molecule has 0 spiro atoms. The Morgan fingerprint density at radius 3 is 2.46 bits per heavy atom. The van der Waals surface area contributed by atoms with Gasteiger partial charge in [0.25, 0.3) is 0 Å². The van der Waals surface area contributed by atoms with E-state index in [0.29, 0.717) is 67.6 Å². The highest BCUT2D eigenvalue weighted by molar-refractivity contribution is 7.13. The lowest BCUT2D eigenvalue weighted by Crippen LogP contribution is -2.52. The first kappa shape index (κ1) is 44.1. The lowest BCUT2D eigenvalue weighted by molar-refractivity contribution is -0.141. The molecule has 16 nitrogen and oxygen atoms in total. The molecular formula is C48H56N10O6S. The van der Waals surface area contributed by atoms with Gasteiger partial charge in [0, 0.05) is 94.3 Å². The van der Waals surface area contributed by atoms with E-state index in [1.807, 2.05) is 99.8 Å². The molecule has 0 aliphatic carbocycles. The van der Waals surface area contributed by atoms with Crippen molar-refractivity contribution in [1.29, 1.82) is 0 Å². The van der Waals surface area contributed by atoms with Gasteiger partial charge in [0.1, 0.15) is 17.7 Å². The summed E-state index contributed by atoms with van der Waals surface area (Å²) in [7, 11) is 0. The number of anilines is 1. The fourth-order valence-corrected chi connectivity index (χ4v) is 10.3. The number of phenolic OH excluding ortho intramolecular Hbond substituents is 1. The van der Waals surface area contributed by atoms with Gasteiger partial charge in [-0.1, -0.05) is 55.4 Å². The number of aryl methyl sites for hydroxylation is 1. The fraction of sp³-hybridized carbons (Fsp3) is 0.438. The number of aromatic hydroxyl groups is 1. The van der Waals surface area contributed by atoms with Crippen LogP contribution in [0.2, 0.25) is 0 Å². The molecular weight excluding hydrogens is 845 g/mol. The van der Waals surface area contributed by atoms with Gasteiger partial charge in [-0.05, 0) is 61.6 Å². The third kappa shape index (κ3) is 8.96. The Morgan fingerprint density at radius 1 is 1.00 bits per heavy atom. The van der Waals surface area contributed by atoms with Crippen molar-refractivity contribution >= 4 is 45.9 Å². The predicted octanol–water partition coefficient (Wildman–Crippen LogP) is 5.64. The summed E-state index contributed by atoms with van der Waals surface area (Å²) in [6, 6.07) is 18.1. The van der Waals surface area contributed by atoms with Crippen LogP contribution in [0.25, 0.3) is 32.7 Å². The number of H-pyrrole nitrogens is 1. The van der Waals surface area contributed by atoms with Gasteiger partial charge < -0.3 is 39.7 Å². The maximum absolute atomic E-state index is 14.4. The number of nitrogens with one attached hydrogen (secondary N) is 2. The van der Waals surface area contributed by atoms with Gasteiger partial charge in [0.05, 0.1) is 33.4 Å². The van der Waals surface area contributed by atoms with Gasteiger partial charge in [-0.25, -0.2) is 4.98 Å². The summed E-state index contributed by atoms with van der Waals surface area (Å²) in [6.45, 7) is 14.6. The highest BCUT2D eigenvalue weighted by Gasteiger charge is 2.44. The molecule has 3 atom stereocenters. The number of carbonyl (C=O) groups is 3. The molecule has 4 aromatic heterocycles. The van der Waals surface area contributed by atoms with Crippen molar-refractivity contribution in [3.05, 3.63) is 95.0 Å². The third-order valence-corrected chi connectivity index (χ3v) is 14.3. The van der Waals surface area contributed by atoms with Gasteiger partial charge in [-0.2, -0.15) is 0 Å². The molecule has 0 saturated carbocycles. The Kier molecular flexibility index (Phi) is 12.2. The number of nitrogens with zero attached hydrogens (tertiary/aromatic N) is 8. The Morgan fingerprint density at radius 2 is 1.75 bits per heavy atom. The van der Waals surface area contributed by atoms with Crippen LogP contribution in [0.4, 0.5) is 5.82 Å². The van der Waals surface area contributed by atoms with Crippen molar-refractivity contribution in [1.82, 2.24) is 45.3 Å². The van der Waals surface area contributed by atoms with Crippen molar-refractivity contribution < 1.29 is 29.1 Å². The number of rotatable bonds is 13. The Balaban J connectivity index is 0.763. The maximum atomic E-state index is 14.4. The first-order valence-electron chi connectivity index (χ1n) is 22.4. The van der Waals surface area contributed by atoms with E-state index in [4.69, 9.17) is 4.52 Å². The van der Waals surface area contributed by atoms with E-state index in [9.17, 15) is 24.6 Å². The quantitative estimate of drug-likeness (QED) is 0.112. The van der Waals surface area contributed by atoms with Crippen LogP contribution >= 0.6 is 11.3 Å². The number of amides is 3. The van der Waals surface area contributed by atoms with Crippen molar-refractivity contribution in [3.8, 4) is 27.4 Å². The van der Waals surface area contributed by atoms with Crippen LogP contribution < -0.4 is 10.2 Å². The van der Waals surface area contributed by atoms with E-state index in [-0.39, 0.29) is 48.3 Å². The van der Waals surface area contributed by atoms with E-state index >= 15 is 0 Å². The number of likely N-dealkylation sites (tertiary alicyclic amines) is 2.